The Morgan fingerprint density at radius 2 is 1.79 bits per heavy atom. The zero-order chi connectivity index (χ0) is 20.5. The largest absolute Gasteiger partial charge is 0.354 e. The van der Waals surface area contributed by atoms with Crippen LogP contribution in [0.3, 0.4) is 0 Å². The molecule has 1 saturated carbocycles. The Balaban J connectivity index is 1.72. The summed E-state index contributed by atoms with van der Waals surface area (Å²) in [5.74, 6) is 0.995. The first-order valence-corrected chi connectivity index (χ1v) is 11.7. The van der Waals surface area contributed by atoms with Crippen LogP contribution in [0.15, 0.2) is 0 Å². The maximum absolute atomic E-state index is 12.7. The number of piperidine rings is 1. The molecule has 1 aliphatic carbocycles. The lowest BCUT2D eigenvalue weighted by molar-refractivity contribution is -0.132. The van der Waals surface area contributed by atoms with Crippen LogP contribution in [0.2, 0.25) is 0 Å². The van der Waals surface area contributed by atoms with Gasteiger partial charge in [-0.15, -0.1) is 0 Å². The van der Waals surface area contributed by atoms with Crippen LogP contribution in [0.25, 0.3) is 0 Å². The molecule has 1 heterocycles. The summed E-state index contributed by atoms with van der Waals surface area (Å²) in [7, 11) is 0. The maximum Gasteiger partial charge on any atom is 0.242 e. The molecule has 2 fully saturated rings. The first kappa shape index (κ1) is 23.2. The second-order valence-electron chi connectivity index (χ2n) is 9.38. The fourth-order valence-electron chi connectivity index (χ4n) is 4.73. The molecule has 162 valence electrons. The Morgan fingerprint density at radius 1 is 1.07 bits per heavy atom. The Bertz CT molecular complexity index is 486. The smallest absolute Gasteiger partial charge is 0.242 e. The molecule has 0 spiro atoms. The van der Waals surface area contributed by atoms with E-state index in [1.807, 2.05) is 13.8 Å². The number of nitrogens with one attached hydrogen (secondary N) is 2. The molecule has 2 aliphatic rings. The molecule has 5 nitrogen and oxygen atoms in total. The summed E-state index contributed by atoms with van der Waals surface area (Å²) < 4.78 is 0. The normalized spacial score (nSPS) is 27.4. The van der Waals surface area contributed by atoms with Gasteiger partial charge in [-0.2, -0.15) is 0 Å². The highest BCUT2D eigenvalue weighted by Gasteiger charge is 2.30. The standard InChI is InChI=1S/C23H43N3O2/c1-5-19-10-12-20(13-11-19)22(27)25-21(17(2)3)23(28)24-14-8-16-26-15-7-6-9-18(26)4/h17-21H,5-16H2,1-4H3,(H,24,28)(H,25,27)/t18-,19?,20?,21-/m1/s1. The molecule has 0 radical (unpaired) electrons. The van der Waals surface area contributed by atoms with Crippen LogP contribution < -0.4 is 10.6 Å². The van der Waals surface area contributed by atoms with E-state index in [4.69, 9.17) is 0 Å². The lowest BCUT2D eigenvalue weighted by atomic mass is 9.80. The highest BCUT2D eigenvalue weighted by molar-refractivity contribution is 5.88. The minimum Gasteiger partial charge on any atom is -0.354 e. The first-order chi connectivity index (χ1) is 13.4. The molecule has 0 aromatic heterocycles. The topological polar surface area (TPSA) is 61.4 Å². The number of amides is 2. The van der Waals surface area contributed by atoms with E-state index in [1.165, 1.54) is 32.2 Å². The van der Waals surface area contributed by atoms with Gasteiger partial charge in [0.1, 0.15) is 6.04 Å². The van der Waals surface area contributed by atoms with Gasteiger partial charge in [-0.3, -0.25) is 9.59 Å². The summed E-state index contributed by atoms with van der Waals surface area (Å²) >= 11 is 0. The molecule has 2 atom stereocenters. The van der Waals surface area contributed by atoms with Crippen molar-refractivity contribution in [3.8, 4) is 0 Å². The van der Waals surface area contributed by atoms with Crippen LogP contribution in [0.1, 0.15) is 85.5 Å². The predicted molar refractivity (Wildman–Crippen MR) is 115 cm³/mol. The molecule has 2 amide bonds. The number of rotatable bonds is 9. The average Bonchev–Trinajstić information content (AvgIpc) is 2.70. The van der Waals surface area contributed by atoms with Gasteiger partial charge in [0, 0.05) is 25.0 Å². The molecule has 1 saturated heterocycles. The third-order valence-corrected chi connectivity index (χ3v) is 6.90. The number of carbonyl (C=O) groups excluding carboxylic acids is 2. The Morgan fingerprint density at radius 3 is 2.39 bits per heavy atom. The van der Waals surface area contributed by atoms with Crippen molar-refractivity contribution in [2.45, 2.75) is 97.6 Å². The number of hydrogen-bond acceptors (Lipinski definition) is 3. The lowest BCUT2D eigenvalue weighted by Crippen LogP contribution is -2.51. The second kappa shape index (κ2) is 11.8. The van der Waals surface area contributed by atoms with Crippen molar-refractivity contribution in [1.29, 1.82) is 0 Å². The summed E-state index contributed by atoms with van der Waals surface area (Å²) in [5, 5.41) is 6.12. The summed E-state index contributed by atoms with van der Waals surface area (Å²) in [6, 6.07) is 0.236. The zero-order valence-electron chi connectivity index (χ0n) is 18.6. The van der Waals surface area contributed by atoms with Crippen LogP contribution in [-0.2, 0) is 9.59 Å². The first-order valence-electron chi connectivity index (χ1n) is 11.7. The van der Waals surface area contributed by atoms with E-state index >= 15 is 0 Å². The lowest BCUT2D eigenvalue weighted by Gasteiger charge is -2.33. The van der Waals surface area contributed by atoms with Gasteiger partial charge in [0.05, 0.1) is 0 Å². The number of hydrogen-bond donors (Lipinski definition) is 2. The third kappa shape index (κ3) is 7.06. The van der Waals surface area contributed by atoms with E-state index in [-0.39, 0.29) is 23.7 Å². The van der Waals surface area contributed by atoms with Gasteiger partial charge >= 0.3 is 0 Å². The second-order valence-corrected chi connectivity index (χ2v) is 9.38. The summed E-state index contributed by atoms with van der Waals surface area (Å²) in [5.41, 5.74) is 0. The molecule has 2 N–H and O–H groups in total. The van der Waals surface area contributed by atoms with E-state index in [0.29, 0.717) is 12.6 Å². The number of carbonyl (C=O) groups is 2. The zero-order valence-corrected chi connectivity index (χ0v) is 18.6. The minimum atomic E-state index is -0.426. The van der Waals surface area contributed by atoms with E-state index < -0.39 is 6.04 Å². The fraction of sp³-hybridized carbons (Fsp3) is 0.913. The van der Waals surface area contributed by atoms with Gasteiger partial charge in [-0.1, -0.05) is 33.6 Å². The molecule has 2 rings (SSSR count). The van der Waals surface area contributed by atoms with Crippen molar-refractivity contribution in [2.24, 2.45) is 17.8 Å². The molecule has 0 unspecified atom stereocenters. The van der Waals surface area contributed by atoms with Crippen LogP contribution in [0, 0.1) is 17.8 Å². The quantitative estimate of drug-likeness (QED) is 0.587. The van der Waals surface area contributed by atoms with E-state index in [9.17, 15) is 9.59 Å². The van der Waals surface area contributed by atoms with Gasteiger partial charge in [0.15, 0.2) is 0 Å². The molecule has 0 aromatic carbocycles. The predicted octanol–water partition coefficient (Wildman–Crippen LogP) is 3.72. The van der Waals surface area contributed by atoms with E-state index in [0.717, 1.165) is 44.6 Å². The molecule has 0 bridgehead atoms. The molecule has 1 aliphatic heterocycles. The summed E-state index contributed by atoms with van der Waals surface area (Å²) in [4.78, 5) is 27.9. The van der Waals surface area contributed by atoms with Crippen molar-refractivity contribution in [3.05, 3.63) is 0 Å². The molecular formula is C23H43N3O2. The van der Waals surface area contributed by atoms with Gasteiger partial charge in [0.2, 0.25) is 11.8 Å². The highest BCUT2D eigenvalue weighted by atomic mass is 16.2. The minimum absolute atomic E-state index is 0.0303. The Labute approximate surface area is 172 Å². The summed E-state index contributed by atoms with van der Waals surface area (Å²) in [6.07, 6.45) is 10.3. The average molecular weight is 394 g/mol. The van der Waals surface area contributed by atoms with Gasteiger partial charge in [-0.25, -0.2) is 0 Å². The van der Waals surface area contributed by atoms with Gasteiger partial charge in [0.25, 0.3) is 0 Å². The molecular weight excluding hydrogens is 350 g/mol. The monoisotopic (exact) mass is 393 g/mol. The third-order valence-electron chi connectivity index (χ3n) is 6.90. The van der Waals surface area contributed by atoms with Crippen LogP contribution in [0.4, 0.5) is 0 Å². The van der Waals surface area contributed by atoms with Crippen molar-refractivity contribution in [3.63, 3.8) is 0 Å². The highest BCUT2D eigenvalue weighted by Crippen LogP contribution is 2.30. The van der Waals surface area contributed by atoms with Crippen LogP contribution in [-0.4, -0.2) is 48.4 Å². The number of nitrogens with zero attached hydrogens (tertiary/aromatic N) is 1. The van der Waals surface area contributed by atoms with Crippen molar-refractivity contribution in [2.75, 3.05) is 19.6 Å². The fourth-order valence-corrected chi connectivity index (χ4v) is 4.73. The maximum atomic E-state index is 12.7. The SMILES string of the molecule is CCC1CCC(C(=O)N[C@@H](C(=O)NCCCN2CCCC[C@H]2C)C(C)C)CC1. The van der Waals surface area contributed by atoms with Gasteiger partial charge in [-0.05, 0) is 70.3 Å². The molecule has 28 heavy (non-hydrogen) atoms. The van der Waals surface area contributed by atoms with Crippen molar-refractivity contribution < 1.29 is 9.59 Å². The van der Waals surface area contributed by atoms with Crippen molar-refractivity contribution >= 4 is 11.8 Å². The number of likely N-dealkylation sites (tertiary alicyclic amines) is 1. The Hall–Kier alpha value is -1.10. The van der Waals surface area contributed by atoms with Crippen molar-refractivity contribution in [1.82, 2.24) is 15.5 Å². The summed E-state index contributed by atoms with van der Waals surface area (Å²) in [6.45, 7) is 11.5. The van der Waals surface area contributed by atoms with Crippen LogP contribution in [0.5, 0.6) is 0 Å². The molecule has 5 heteroatoms. The molecule has 0 aromatic rings. The van der Waals surface area contributed by atoms with Gasteiger partial charge < -0.3 is 15.5 Å². The van der Waals surface area contributed by atoms with E-state index in [2.05, 4.69) is 29.4 Å². The van der Waals surface area contributed by atoms with Crippen LogP contribution >= 0.6 is 0 Å². The van der Waals surface area contributed by atoms with E-state index in [1.54, 1.807) is 0 Å². The Kier molecular flexibility index (Phi) is 9.76.